The standard InChI is InChI=1S/C33H38FN5O2/c1-20-24-5-4-16-41-32(24)28(34)18-26(20)31-25(9-15-40)21(2)36-33-27(31)19-29(37(33)3)22-8-10-35-30(17-22)39-13-11-38(12-14-39)23-6-7-23/h8,10,17-19,23,40H,4-7,9,11-16H2,1-3H3. The summed E-state index contributed by atoms with van der Waals surface area (Å²) in [6, 6.07) is 8.83. The van der Waals surface area contributed by atoms with Crippen LogP contribution in [0.5, 0.6) is 5.75 Å². The first-order chi connectivity index (χ1) is 19.9. The fourth-order valence-corrected chi connectivity index (χ4v) is 6.91. The minimum atomic E-state index is -0.324. The molecule has 0 unspecified atom stereocenters. The lowest BCUT2D eigenvalue weighted by Crippen LogP contribution is -2.47. The molecule has 2 aliphatic heterocycles. The molecule has 1 saturated heterocycles. The summed E-state index contributed by atoms with van der Waals surface area (Å²) >= 11 is 0. The third-order valence-electron chi connectivity index (χ3n) is 9.29. The highest BCUT2D eigenvalue weighted by molar-refractivity contribution is 6.00. The molecule has 1 N–H and O–H groups in total. The Balaban J connectivity index is 1.35. The van der Waals surface area contributed by atoms with Gasteiger partial charge in [-0.05, 0) is 92.5 Å². The van der Waals surface area contributed by atoms with E-state index < -0.39 is 0 Å². The summed E-state index contributed by atoms with van der Waals surface area (Å²) in [5.74, 6) is 1.06. The largest absolute Gasteiger partial charge is 0.490 e. The van der Waals surface area contributed by atoms with Crippen LogP contribution >= 0.6 is 0 Å². The van der Waals surface area contributed by atoms with Gasteiger partial charge in [-0.2, -0.15) is 0 Å². The van der Waals surface area contributed by atoms with Crippen LogP contribution in [0.4, 0.5) is 10.2 Å². The van der Waals surface area contributed by atoms with Gasteiger partial charge in [-0.1, -0.05) is 0 Å². The summed E-state index contributed by atoms with van der Waals surface area (Å²) in [6.07, 6.45) is 6.71. The second-order valence-electron chi connectivity index (χ2n) is 11.8. The maximum Gasteiger partial charge on any atom is 0.165 e. The monoisotopic (exact) mass is 555 g/mol. The number of aliphatic hydroxyl groups excluding tert-OH is 1. The van der Waals surface area contributed by atoms with E-state index in [1.807, 2.05) is 20.2 Å². The molecule has 0 spiro atoms. The molecule has 4 aromatic rings. The van der Waals surface area contributed by atoms with Gasteiger partial charge in [-0.3, -0.25) is 4.90 Å². The fourth-order valence-electron chi connectivity index (χ4n) is 6.91. The molecule has 1 aliphatic carbocycles. The van der Waals surface area contributed by atoms with Gasteiger partial charge in [0.15, 0.2) is 11.6 Å². The van der Waals surface area contributed by atoms with Crippen molar-refractivity contribution >= 4 is 16.9 Å². The molecule has 1 saturated carbocycles. The van der Waals surface area contributed by atoms with E-state index in [2.05, 4.69) is 39.5 Å². The predicted octanol–water partition coefficient (Wildman–Crippen LogP) is 5.20. The summed E-state index contributed by atoms with van der Waals surface area (Å²) in [6.45, 7) is 8.75. The van der Waals surface area contributed by atoms with E-state index in [1.165, 1.54) is 12.8 Å². The minimum absolute atomic E-state index is 0.00196. The number of aromatic nitrogens is 3. The van der Waals surface area contributed by atoms with Crippen LogP contribution in [0, 0.1) is 19.7 Å². The van der Waals surface area contributed by atoms with Gasteiger partial charge in [0, 0.05) is 74.3 Å². The van der Waals surface area contributed by atoms with Crippen molar-refractivity contribution in [1.29, 1.82) is 0 Å². The number of pyridine rings is 2. The summed E-state index contributed by atoms with van der Waals surface area (Å²) in [4.78, 5) is 14.8. The minimum Gasteiger partial charge on any atom is -0.490 e. The number of rotatable bonds is 6. The number of nitrogens with zero attached hydrogens (tertiary/aromatic N) is 5. The van der Waals surface area contributed by atoms with Crippen LogP contribution in [0.3, 0.4) is 0 Å². The Labute approximate surface area is 240 Å². The van der Waals surface area contributed by atoms with Crippen LogP contribution in [0.1, 0.15) is 41.6 Å². The molecule has 0 bridgehead atoms. The van der Waals surface area contributed by atoms with Crippen LogP contribution < -0.4 is 9.64 Å². The van der Waals surface area contributed by atoms with Crippen molar-refractivity contribution < 1.29 is 14.2 Å². The Morgan fingerprint density at radius 3 is 2.66 bits per heavy atom. The molecule has 5 heterocycles. The van der Waals surface area contributed by atoms with Crippen molar-refractivity contribution in [1.82, 2.24) is 19.4 Å². The average molecular weight is 556 g/mol. The maximum absolute atomic E-state index is 15.4. The molecule has 7 rings (SSSR count). The highest BCUT2D eigenvalue weighted by atomic mass is 19.1. The summed E-state index contributed by atoms with van der Waals surface area (Å²) in [7, 11) is 2.04. The molecule has 3 aliphatic rings. The zero-order valence-electron chi connectivity index (χ0n) is 24.2. The molecule has 0 atom stereocenters. The van der Waals surface area contributed by atoms with Gasteiger partial charge in [0.1, 0.15) is 11.5 Å². The number of hydrogen-bond acceptors (Lipinski definition) is 6. The molecule has 8 heteroatoms. The Kier molecular flexibility index (Phi) is 6.70. The Hall–Kier alpha value is -3.49. The molecule has 1 aromatic carbocycles. The SMILES string of the molecule is Cc1nc2c(cc(-c3ccnc(N4CCN(C5CC5)CC4)c3)n2C)c(-c2cc(F)c3c(c2C)CCCO3)c1CCO. The van der Waals surface area contributed by atoms with Crippen LogP contribution in [-0.2, 0) is 19.9 Å². The van der Waals surface area contributed by atoms with E-state index in [9.17, 15) is 5.11 Å². The van der Waals surface area contributed by atoms with Crippen molar-refractivity contribution in [2.24, 2.45) is 7.05 Å². The number of aryl methyl sites for hydroxylation is 2. The van der Waals surface area contributed by atoms with Crippen molar-refractivity contribution in [2.75, 3.05) is 44.3 Å². The highest BCUT2D eigenvalue weighted by Crippen LogP contribution is 2.43. The van der Waals surface area contributed by atoms with E-state index >= 15 is 4.39 Å². The predicted molar refractivity (Wildman–Crippen MR) is 160 cm³/mol. The quantitative estimate of drug-likeness (QED) is 0.353. The first-order valence-corrected chi connectivity index (χ1v) is 14.9. The lowest BCUT2D eigenvalue weighted by atomic mass is 9.87. The normalized spacial score (nSPS) is 17.6. The number of hydrogen-bond donors (Lipinski definition) is 1. The number of piperazine rings is 1. The van der Waals surface area contributed by atoms with Crippen LogP contribution in [-0.4, -0.2) is 70.0 Å². The van der Waals surface area contributed by atoms with E-state index in [0.29, 0.717) is 18.8 Å². The maximum atomic E-state index is 15.4. The summed E-state index contributed by atoms with van der Waals surface area (Å²) in [5, 5.41) is 11.0. The van der Waals surface area contributed by atoms with E-state index in [4.69, 9.17) is 14.7 Å². The lowest BCUT2D eigenvalue weighted by Gasteiger charge is -2.35. The number of anilines is 1. The van der Waals surface area contributed by atoms with Gasteiger partial charge in [0.2, 0.25) is 0 Å². The van der Waals surface area contributed by atoms with E-state index in [1.54, 1.807) is 6.07 Å². The van der Waals surface area contributed by atoms with Crippen molar-refractivity contribution in [3.05, 3.63) is 58.7 Å². The fraction of sp³-hybridized carbons (Fsp3) is 0.455. The zero-order valence-corrected chi connectivity index (χ0v) is 24.2. The molecule has 214 valence electrons. The Morgan fingerprint density at radius 2 is 1.90 bits per heavy atom. The van der Waals surface area contributed by atoms with Gasteiger partial charge in [0.25, 0.3) is 0 Å². The Morgan fingerprint density at radius 1 is 1.10 bits per heavy atom. The van der Waals surface area contributed by atoms with Gasteiger partial charge in [-0.15, -0.1) is 0 Å². The number of aliphatic hydroxyl groups is 1. The second kappa shape index (κ2) is 10.4. The average Bonchev–Trinajstić information content (AvgIpc) is 3.80. The van der Waals surface area contributed by atoms with Crippen LogP contribution in [0.15, 0.2) is 30.5 Å². The smallest absolute Gasteiger partial charge is 0.165 e. The van der Waals surface area contributed by atoms with Gasteiger partial charge in [0.05, 0.1) is 12.3 Å². The lowest BCUT2D eigenvalue weighted by molar-refractivity contribution is 0.247. The van der Waals surface area contributed by atoms with Crippen molar-refractivity contribution in [2.45, 2.75) is 52.0 Å². The molecule has 0 radical (unpaired) electrons. The third kappa shape index (κ3) is 4.57. The van der Waals surface area contributed by atoms with Crippen molar-refractivity contribution in [3.63, 3.8) is 0 Å². The van der Waals surface area contributed by atoms with Crippen molar-refractivity contribution in [3.8, 4) is 28.1 Å². The van der Waals surface area contributed by atoms with Gasteiger partial charge >= 0.3 is 0 Å². The molecule has 0 amide bonds. The highest BCUT2D eigenvalue weighted by Gasteiger charge is 2.31. The second-order valence-corrected chi connectivity index (χ2v) is 11.8. The third-order valence-corrected chi connectivity index (χ3v) is 9.29. The van der Waals surface area contributed by atoms with E-state index in [0.717, 1.165) is 107 Å². The number of fused-ring (bicyclic) bond motifs is 2. The topological polar surface area (TPSA) is 66.7 Å². The molecule has 7 nitrogen and oxygen atoms in total. The first kappa shape index (κ1) is 26.4. The molecule has 3 aromatic heterocycles. The molecular weight excluding hydrogens is 517 g/mol. The van der Waals surface area contributed by atoms with Gasteiger partial charge in [-0.25, -0.2) is 14.4 Å². The molecule has 2 fully saturated rings. The van der Waals surface area contributed by atoms with Gasteiger partial charge < -0.3 is 19.3 Å². The van der Waals surface area contributed by atoms with E-state index in [-0.39, 0.29) is 12.4 Å². The number of ether oxygens (including phenoxy) is 1. The summed E-state index contributed by atoms with van der Waals surface area (Å²) < 4.78 is 23.3. The molecular formula is C33H38FN5O2. The Bertz CT molecular complexity index is 1640. The van der Waals surface area contributed by atoms with Crippen LogP contribution in [0.25, 0.3) is 33.4 Å². The summed E-state index contributed by atoms with van der Waals surface area (Å²) in [5.41, 5.74) is 8.56. The number of halogens is 1. The first-order valence-electron chi connectivity index (χ1n) is 14.9. The zero-order chi connectivity index (χ0) is 28.2. The molecule has 41 heavy (non-hydrogen) atoms. The van der Waals surface area contributed by atoms with Crippen LogP contribution in [0.2, 0.25) is 0 Å². The number of benzene rings is 1.